The Bertz CT molecular complexity index is 999. The van der Waals surface area contributed by atoms with Gasteiger partial charge in [-0.05, 0) is 23.1 Å². The van der Waals surface area contributed by atoms with Gasteiger partial charge in [-0.2, -0.15) is 0 Å². The smallest absolute Gasteiger partial charge is 0.290 e. The number of hydrogen-bond donors (Lipinski definition) is 0. The molecule has 0 N–H and O–H groups in total. The number of carbonyl (C=O) groups excluding carboxylic acids is 1. The number of piperazine rings is 1. The molecule has 1 aromatic heterocycles. The topological polar surface area (TPSA) is 45.9 Å². The number of rotatable bonds is 6. The summed E-state index contributed by atoms with van der Waals surface area (Å²) in [5, 5.41) is 0.950. The fraction of sp³-hybridized carbons (Fsp3) is 0.400. The number of carbonyl (C=O) groups is 1. The molecule has 158 valence electrons. The number of nitrogens with zero attached hydrogens (tertiary/aromatic N) is 2. The maximum absolute atomic E-state index is 13.2. The summed E-state index contributed by atoms with van der Waals surface area (Å²) in [4.78, 5) is 17.5. The Balaban J connectivity index is 1.41. The zero-order valence-corrected chi connectivity index (χ0v) is 18.1. The van der Waals surface area contributed by atoms with Crippen LogP contribution in [0.25, 0.3) is 11.0 Å². The van der Waals surface area contributed by atoms with Crippen molar-refractivity contribution in [1.82, 2.24) is 9.80 Å². The van der Waals surface area contributed by atoms with Crippen LogP contribution in [0.4, 0.5) is 0 Å². The average molecular weight is 407 g/mol. The van der Waals surface area contributed by atoms with Crippen LogP contribution >= 0.6 is 0 Å². The molecule has 1 aliphatic heterocycles. The molecule has 2 heterocycles. The minimum Gasteiger partial charge on any atom is -0.451 e. The lowest BCUT2D eigenvalue weighted by molar-refractivity contribution is 0.0594. The maximum Gasteiger partial charge on any atom is 0.290 e. The maximum atomic E-state index is 13.2. The molecule has 5 heteroatoms. The van der Waals surface area contributed by atoms with Crippen LogP contribution < -0.4 is 0 Å². The van der Waals surface area contributed by atoms with Crippen LogP contribution in [0.5, 0.6) is 0 Å². The lowest BCUT2D eigenvalue weighted by Crippen LogP contribution is -2.48. The molecular formula is C25H30N2O3. The second-order valence-electron chi connectivity index (χ2n) is 8.30. The largest absolute Gasteiger partial charge is 0.451 e. The second-order valence-corrected chi connectivity index (χ2v) is 8.30. The van der Waals surface area contributed by atoms with Gasteiger partial charge in [-0.1, -0.05) is 56.3 Å². The molecule has 1 saturated heterocycles. The molecule has 0 radical (unpaired) electrons. The molecule has 0 bridgehead atoms. The monoisotopic (exact) mass is 406 g/mol. The highest BCUT2D eigenvalue weighted by molar-refractivity contribution is 5.99. The summed E-state index contributed by atoms with van der Waals surface area (Å²) in [6.45, 7) is 8.83. The predicted octanol–water partition coefficient (Wildman–Crippen LogP) is 4.66. The van der Waals surface area contributed by atoms with Crippen molar-refractivity contribution in [3.8, 4) is 0 Å². The van der Waals surface area contributed by atoms with Crippen LogP contribution in [0.3, 0.4) is 0 Å². The van der Waals surface area contributed by atoms with E-state index < -0.39 is 0 Å². The summed E-state index contributed by atoms with van der Waals surface area (Å²) in [5.74, 6) is 0.921. The van der Waals surface area contributed by atoms with E-state index in [1.54, 1.807) is 7.11 Å². The fourth-order valence-corrected chi connectivity index (χ4v) is 4.08. The van der Waals surface area contributed by atoms with Crippen molar-refractivity contribution in [2.75, 3.05) is 33.3 Å². The van der Waals surface area contributed by atoms with Gasteiger partial charge in [0, 0.05) is 50.8 Å². The van der Waals surface area contributed by atoms with Gasteiger partial charge in [0.05, 0.1) is 6.61 Å². The Labute approximate surface area is 178 Å². The third-order valence-corrected chi connectivity index (χ3v) is 5.89. The molecule has 0 unspecified atom stereocenters. The van der Waals surface area contributed by atoms with Gasteiger partial charge in [-0.3, -0.25) is 9.69 Å². The molecular weight excluding hydrogens is 376 g/mol. The molecule has 0 saturated carbocycles. The Hall–Kier alpha value is -2.63. The Morgan fingerprint density at radius 3 is 2.40 bits per heavy atom. The Morgan fingerprint density at radius 2 is 1.73 bits per heavy atom. The van der Waals surface area contributed by atoms with Crippen molar-refractivity contribution in [2.45, 2.75) is 32.9 Å². The fourth-order valence-electron chi connectivity index (χ4n) is 4.08. The summed E-state index contributed by atoms with van der Waals surface area (Å²) >= 11 is 0. The van der Waals surface area contributed by atoms with Crippen molar-refractivity contribution >= 4 is 16.9 Å². The van der Waals surface area contributed by atoms with Gasteiger partial charge in [-0.15, -0.1) is 0 Å². The lowest BCUT2D eigenvalue weighted by atomic mass is 10.0. The zero-order valence-electron chi connectivity index (χ0n) is 18.1. The third kappa shape index (κ3) is 4.27. The van der Waals surface area contributed by atoms with Crippen molar-refractivity contribution in [3.63, 3.8) is 0 Å². The first-order valence-electron chi connectivity index (χ1n) is 10.7. The molecule has 0 spiro atoms. The summed E-state index contributed by atoms with van der Waals surface area (Å²) in [6, 6.07) is 16.6. The lowest BCUT2D eigenvalue weighted by Gasteiger charge is -2.34. The molecule has 4 rings (SSSR count). The van der Waals surface area contributed by atoms with E-state index in [1.165, 1.54) is 11.1 Å². The van der Waals surface area contributed by atoms with Crippen molar-refractivity contribution < 1.29 is 13.9 Å². The number of ether oxygens (including phenoxy) is 1. The van der Waals surface area contributed by atoms with Gasteiger partial charge in [-0.25, -0.2) is 0 Å². The number of furan rings is 1. The summed E-state index contributed by atoms with van der Waals surface area (Å²) in [6.07, 6.45) is 0. The van der Waals surface area contributed by atoms with E-state index in [1.807, 2.05) is 29.2 Å². The highest BCUT2D eigenvalue weighted by atomic mass is 16.5. The van der Waals surface area contributed by atoms with Crippen LogP contribution in [0, 0.1) is 0 Å². The highest BCUT2D eigenvalue weighted by Crippen LogP contribution is 2.28. The summed E-state index contributed by atoms with van der Waals surface area (Å²) in [7, 11) is 1.64. The number of fused-ring (bicyclic) bond motifs is 1. The van der Waals surface area contributed by atoms with Crippen LogP contribution in [0.1, 0.15) is 47.0 Å². The van der Waals surface area contributed by atoms with Gasteiger partial charge in [0.2, 0.25) is 0 Å². The predicted molar refractivity (Wildman–Crippen MR) is 119 cm³/mol. The van der Waals surface area contributed by atoms with Crippen LogP contribution in [0.2, 0.25) is 0 Å². The van der Waals surface area contributed by atoms with Crippen molar-refractivity contribution in [1.29, 1.82) is 0 Å². The van der Waals surface area contributed by atoms with Crippen molar-refractivity contribution in [3.05, 3.63) is 71.0 Å². The molecule has 3 aromatic rings. The number of benzene rings is 2. The normalized spacial score (nSPS) is 15.3. The van der Waals surface area contributed by atoms with Gasteiger partial charge in [0.25, 0.3) is 5.91 Å². The van der Waals surface area contributed by atoms with E-state index in [2.05, 4.69) is 43.0 Å². The highest BCUT2D eigenvalue weighted by Gasteiger charge is 2.28. The standard InChI is InChI=1S/C25H30N2O3/c1-18(2)20-10-8-19(9-11-20)16-26-12-14-27(15-13-26)25(28)24-22(17-29-3)21-6-4-5-7-23(21)30-24/h4-11,18H,12-17H2,1-3H3. The first-order valence-corrected chi connectivity index (χ1v) is 10.7. The number of methoxy groups -OCH3 is 1. The molecule has 1 amide bonds. The first kappa shape index (κ1) is 20.6. The van der Waals surface area contributed by atoms with Gasteiger partial charge in [0.15, 0.2) is 5.76 Å². The summed E-state index contributed by atoms with van der Waals surface area (Å²) < 4.78 is 11.3. The zero-order chi connectivity index (χ0) is 21.1. The quantitative estimate of drug-likeness (QED) is 0.597. The minimum atomic E-state index is -0.0424. The molecule has 1 aliphatic rings. The molecule has 0 aliphatic carbocycles. The van der Waals surface area contributed by atoms with E-state index >= 15 is 0 Å². The Morgan fingerprint density at radius 1 is 1.03 bits per heavy atom. The molecule has 30 heavy (non-hydrogen) atoms. The van der Waals surface area contributed by atoms with Crippen LogP contribution in [0.15, 0.2) is 52.9 Å². The summed E-state index contributed by atoms with van der Waals surface area (Å²) in [5.41, 5.74) is 4.26. The number of amides is 1. The minimum absolute atomic E-state index is 0.0424. The van der Waals surface area contributed by atoms with Gasteiger partial charge in [0.1, 0.15) is 5.58 Å². The van der Waals surface area contributed by atoms with E-state index in [0.717, 1.165) is 36.2 Å². The average Bonchev–Trinajstić information content (AvgIpc) is 3.13. The van der Waals surface area contributed by atoms with E-state index in [-0.39, 0.29) is 5.91 Å². The van der Waals surface area contributed by atoms with Crippen LogP contribution in [-0.2, 0) is 17.9 Å². The van der Waals surface area contributed by atoms with Crippen molar-refractivity contribution in [2.24, 2.45) is 0 Å². The molecule has 2 aromatic carbocycles. The molecule has 5 nitrogen and oxygen atoms in total. The molecule has 0 atom stereocenters. The van der Waals surface area contributed by atoms with E-state index in [4.69, 9.17) is 9.15 Å². The first-order chi connectivity index (χ1) is 14.6. The van der Waals surface area contributed by atoms with E-state index in [9.17, 15) is 4.79 Å². The van der Waals surface area contributed by atoms with Gasteiger partial charge < -0.3 is 14.1 Å². The second kappa shape index (κ2) is 9.02. The molecule has 1 fully saturated rings. The van der Waals surface area contributed by atoms with E-state index in [0.29, 0.717) is 31.4 Å². The SMILES string of the molecule is COCc1c(C(=O)N2CCN(Cc3ccc(C(C)C)cc3)CC2)oc2ccccc12. The third-order valence-electron chi connectivity index (χ3n) is 5.89. The number of para-hydroxylation sites is 1. The van der Waals surface area contributed by atoms with Crippen LogP contribution in [-0.4, -0.2) is 49.0 Å². The van der Waals surface area contributed by atoms with Gasteiger partial charge >= 0.3 is 0 Å². The number of hydrogen-bond acceptors (Lipinski definition) is 4. The Kier molecular flexibility index (Phi) is 6.21.